The lowest BCUT2D eigenvalue weighted by Crippen LogP contribution is -2.34. The predicted molar refractivity (Wildman–Crippen MR) is 88.3 cm³/mol. The molecule has 1 saturated carbocycles. The van der Waals surface area contributed by atoms with Crippen molar-refractivity contribution in [2.24, 2.45) is 5.73 Å². The minimum Gasteiger partial charge on any atom is -0.496 e. The van der Waals surface area contributed by atoms with Crippen LogP contribution in [0, 0.1) is 0 Å². The molecule has 22 heavy (non-hydrogen) atoms. The number of methoxy groups -OCH3 is 1. The molecule has 2 N–H and O–H groups in total. The van der Waals surface area contributed by atoms with Crippen molar-refractivity contribution in [2.75, 3.05) is 7.11 Å². The van der Waals surface area contributed by atoms with Crippen LogP contribution in [0.4, 0.5) is 0 Å². The SMILES string of the molecule is COc1ccc(Br)cc1/C=C/c1nc(C2(N)CCCC2)no1. The summed E-state index contributed by atoms with van der Waals surface area (Å²) in [5.74, 6) is 1.84. The molecule has 1 aromatic heterocycles. The van der Waals surface area contributed by atoms with Gasteiger partial charge in [0.2, 0.25) is 0 Å². The van der Waals surface area contributed by atoms with Gasteiger partial charge in [0.05, 0.1) is 12.6 Å². The maximum Gasteiger partial charge on any atom is 0.250 e. The highest BCUT2D eigenvalue weighted by Crippen LogP contribution is 2.34. The lowest BCUT2D eigenvalue weighted by atomic mass is 9.99. The first-order chi connectivity index (χ1) is 10.6. The molecule has 116 valence electrons. The summed E-state index contributed by atoms with van der Waals surface area (Å²) in [6.45, 7) is 0. The van der Waals surface area contributed by atoms with Crippen molar-refractivity contribution in [1.82, 2.24) is 10.1 Å². The number of hydrogen-bond donors (Lipinski definition) is 1. The lowest BCUT2D eigenvalue weighted by Gasteiger charge is -2.17. The van der Waals surface area contributed by atoms with Gasteiger partial charge in [-0.3, -0.25) is 0 Å². The maximum absolute atomic E-state index is 6.33. The Bertz CT molecular complexity index is 690. The van der Waals surface area contributed by atoms with Gasteiger partial charge in [-0.2, -0.15) is 4.98 Å². The Morgan fingerprint density at radius 2 is 2.09 bits per heavy atom. The van der Waals surface area contributed by atoms with Crippen molar-refractivity contribution in [2.45, 2.75) is 31.2 Å². The van der Waals surface area contributed by atoms with Crippen LogP contribution in [0.1, 0.15) is 43.0 Å². The van der Waals surface area contributed by atoms with Gasteiger partial charge in [0.25, 0.3) is 5.89 Å². The van der Waals surface area contributed by atoms with E-state index in [4.69, 9.17) is 15.0 Å². The molecule has 0 amide bonds. The normalized spacial score (nSPS) is 17.2. The number of benzene rings is 1. The van der Waals surface area contributed by atoms with Crippen molar-refractivity contribution in [1.29, 1.82) is 0 Å². The van der Waals surface area contributed by atoms with E-state index in [-0.39, 0.29) is 0 Å². The number of aromatic nitrogens is 2. The molecular formula is C16H18BrN3O2. The smallest absolute Gasteiger partial charge is 0.250 e. The largest absolute Gasteiger partial charge is 0.496 e. The molecule has 1 aromatic carbocycles. The van der Waals surface area contributed by atoms with Gasteiger partial charge in [0.1, 0.15) is 5.75 Å². The fourth-order valence-corrected chi connectivity index (χ4v) is 3.11. The second-order valence-electron chi connectivity index (χ2n) is 5.54. The zero-order valence-corrected chi connectivity index (χ0v) is 14.0. The zero-order valence-electron chi connectivity index (χ0n) is 12.4. The number of ether oxygens (including phenoxy) is 1. The van der Waals surface area contributed by atoms with Gasteiger partial charge < -0.3 is 15.0 Å². The van der Waals surface area contributed by atoms with Gasteiger partial charge in [-0.05, 0) is 37.1 Å². The highest BCUT2D eigenvalue weighted by Gasteiger charge is 2.35. The van der Waals surface area contributed by atoms with E-state index in [2.05, 4.69) is 26.1 Å². The summed E-state index contributed by atoms with van der Waals surface area (Å²) in [6, 6.07) is 5.80. The summed E-state index contributed by atoms with van der Waals surface area (Å²) in [5.41, 5.74) is 6.83. The van der Waals surface area contributed by atoms with E-state index in [1.165, 1.54) is 0 Å². The lowest BCUT2D eigenvalue weighted by molar-refractivity contribution is 0.364. The molecule has 0 unspecified atom stereocenters. The minimum absolute atomic E-state index is 0.428. The highest BCUT2D eigenvalue weighted by atomic mass is 79.9. The molecule has 1 aliphatic rings. The molecular weight excluding hydrogens is 346 g/mol. The summed E-state index contributed by atoms with van der Waals surface area (Å²) >= 11 is 3.45. The molecule has 1 fully saturated rings. The number of nitrogens with zero attached hydrogens (tertiary/aromatic N) is 2. The second-order valence-corrected chi connectivity index (χ2v) is 6.45. The van der Waals surface area contributed by atoms with Crippen molar-refractivity contribution in [3.05, 3.63) is 40.0 Å². The molecule has 2 aromatic rings. The molecule has 3 rings (SSSR count). The van der Waals surface area contributed by atoms with Crippen LogP contribution in [0.25, 0.3) is 12.2 Å². The Balaban J connectivity index is 1.82. The summed E-state index contributed by atoms with van der Waals surface area (Å²) in [5, 5.41) is 4.04. The average molecular weight is 364 g/mol. The highest BCUT2D eigenvalue weighted by molar-refractivity contribution is 9.10. The van der Waals surface area contributed by atoms with Crippen molar-refractivity contribution >= 4 is 28.1 Å². The van der Waals surface area contributed by atoms with Crippen LogP contribution in [0.5, 0.6) is 5.75 Å². The fraction of sp³-hybridized carbons (Fsp3) is 0.375. The number of rotatable bonds is 4. The van der Waals surface area contributed by atoms with Gasteiger partial charge in [-0.15, -0.1) is 0 Å². The Kier molecular flexibility index (Phi) is 4.31. The topological polar surface area (TPSA) is 74.2 Å². The first-order valence-corrected chi connectivity index (χ1v) is 8.05. The minimum atomic E-state index is -0.428. The van der Waals surface area contributed by atoms with Crippen LogP contribution in [-0.2, 0) is 5.54 Å². The molecule has 0 bridgehead atoms. The molecule has 0 atom stereocenters. The third kappa shape index (κ3) is 3.08. The number of halogens is 1. The van der Waals surface area contributed by atoms with Gasteiger partial charge in [-0.25, -0.2) is 0 Å². The summed E-state index contributed by atoms with van der Waals surface area (Å²) < 4.78 is 11.6. The van der Waals surface area contributed by atoms with E-state index in [1.54, 1.807) is 13.2 Å². The van der Waals surface area contributed by atoms with Gasteiger partial charge in [0.15, 0.2) is 5.82 Å². The van der Waals surface area contributed by atoms with Gasteiger partial charge >= 0.3 is 0 Å². The molecule has 0 spiro atoms. The summed E-state index contributed by atoms with van der Waals surface area (Å²) in [4.78, 5) is 4.41. The summed E-state index contributed by atoms with van der Waals surface area (Å²) in [6.07, 6.45) is 7.72. The van der Waals surface area contributed by atoms with E-state index in [0.29, 0.717) is 11.7 Å². The van der Waals surface area contributed by atoms with Crippen LogP contribution < -0.4 is 10.5 Å². The number of nitrogens with two attached hydrogens (primary N) is 1. The summed E-state index contributed by atoms with van der Waals surface area (Å²) in [7, 11) is 1.64. The molecule has 1 heterocycles. The van der Waals surface area contributed by atoms with E-state index >= 15 is 0 Å². The standard InChI is InChI=1S/C16H18BrN3O2/c1-21-13-6-5-12(17)10-11(13)4-7-14-19-15(20-22-14)16(18)8-2-3-9-16/h4-7,10H,2-3,8-9,18H2,1H3/b7-4+. The Morgan fingerprint density at radius 1 is 1.32 bits per heavy atom. The Hall–Kier alpha value is -1.66. The van der Waals surface area contributed by atoms with Crippen molar-refractivity contribution in [3.63, 3.8) is 0 Å². The van der Waals surface area contributed by atoms with Crippen LogP contribution >= 0.6 is 15.9 Å². The van der Waals surface area contributed by atoms with E-state index in [1.807, 2.05) is 24.3 Å². The number of hydrogen-bond acceptors (Lipinski definition) is 5. The van der Waals surface area contributed by atoms with Crippen molar-refractivity contribution in [3.8, 4) is 5.75 Å². The Morgan fingerprint density at radius 3 is 2.82 bits per heavy atom. The maximum atomic E-state index is 6.33. The third-order valence-corrected chi connectivity index (χ3v) is 4.47. The van der Waals surface area contributed by atoms with E-state index in [9.17, 15) is 0 Å². The monoisotopic (exact) mass is 363 g/mol. The third-order valence-electron chi connectivity index (χ3n) is 3.98. The Labute approximate surface area is 137 Å². The quantitative estimate of drug-likeness (QED) is 0.895. The van der Waals surface area contributed by atoms with Crippen LogP contribution in [0.15, 0.2) is 27.2 Å². The first-order valence-electron chi connectivity index (χ1n) is 7.25. The molecule has 0 aliphatic heterocycles. The predicted octanol–water partition coefficient (Wildman–Crippen LogP) is 3.74. The zero-order chi connectivity index (χ0) is 15.6. The molecule has 6 heteroatoms. The van der Waals surface area contributed by atoms with Crippen LogP contribution in [0.2, 0.25) is 0 Å². The van der Waals surface area contributed by atoms with Gasteiger partial charge in [-0.1, -0.05) is 33.9 Å². The molecule has 0 saturated heterocycles. The molecule has 0 radical (unpaired) electrons. The van der Waals surface area contributed by atoms with Gasteiger partial charge in [0, 0.05) is 16.1 Å². The van der Waals surface area contributed by atoms with Crippen LogP contribution in [0.3, 0.4) is 0 Å². The fourth-order valence-electron chi connectivity index (χ4n) is 2.73. The van der Waals surface area contributed by atoms with Crippen molar-refractivity contribution < 1.29 is 9.26 Å². The molecule has 5 nitrogen and oxygen atoms in total. The molecule has 1 aliphatic carbocycles. The van der Waals surface area contributed by atoms with Crippen LogP contribution in [-0.4, -0.2) is 17.3 Å². The second kappa shape index (κ2) is 6.22. The van der Waals surface area contributed by atoms with E-state index in [0.717, 1.165) is 41.5 Å². The average Bonchev–Trinajstić information content (AvgIpc) is 3.15. The first kappa shape index (κ1) is 15.2. The van der Waals surface area contributed by atoms with E-state index < -0.39 is 5.54 Å².